The Morgan fingerprint density at radius 2 is 1.68 bits per heavy atom. The van der Waals surface area contributed by atoms with Crippen LogP contribution in [0.5, 0.6) is 0 Å². The molecular weight excluding hydrogens is 354 g/mol. The number of rotatable bonds is 3. The van der Waals surface area contributed by atoms with Crippen LogP contribution in [0.1, 0.15) is 56.0 Å². The van der Waals surface area contributed by atoms with Crippen LogP contribution in [0.4, 0.5) is 0 Å². The fourth-order valence-electron chi connectivity index (χ4n) is 3.88. The number of para-hydroxylation sites is 1. The molecule has 0 bridgehead atoms. The Bertz CT molecular complexity index is 793. The highest BCUT2D eigenvalue weighted by atomic mass is 32.2. The molecule has 5 nitrogen and oxygen atoms in total. The Kier molecular flexibility index (Phi) is 5.08. The molecule has 0 amide bonds. The molecule has 0 unspecified atom stereocenters. The summed E-state index contributed by atoms with van der Waals surface area (Å²) in [6.07, 6.45) is 7.08. The molecule has 136 valence electrons. The highest BCUT2D eigenvalue weighted by molar-refractivity contribution is 7.86. The van der Waals surface area contributed by atoms with Gasteiger partial charge in [0.15, 0.2) is 0 Å². The van der Waals surface area contributed by atoms with Crippen molar-refractivity contribution in [2.75, 3.05) is 19.6 Å². The van der Waals surface area contributed by atoms with Gasteiger partial charge in [-0.05, 0) is 37.8 Å². The number of nitrogens with zero attached hydrogens (tertiary/aromatic N) is 3. The highest BCUT2D eigenvalue weighted by Gasteiger charge is 2.38. The smallest absolute Gasteiger partial charge is 0.239 e. The molecule has 1 aromatic heterocycles. The van der Waals surface area contributed by atoms with E-state index in [2.05, 4.69) is 6.07 Å². The van der Waals surface area contributed by atoms with Gasteiger partial charge in [-0.2, -0.15) is 17.0 Å². The molecule has 4 rings (SSSR count). The zero-order chi connectivity index (χ0) is 17.3. The molecule has 0 spiro atoms. The van der Waals surface area contributed by atoms with E-state index in [9.17, 15) is 8.42 Å². The minimum atomic E-state index is -3.41. The third-order valence-corrected chi connectivity index (χ3v) is 8.42. The van der Waals surface area contributed by atoms with Crippen LogP contribution in [-0.4, -0.2) is 41.6 Å². The summed E-state index contributed by atoms with van der Waals surface area (Å²) >= 11 is 1.64. The second-order valence-corrected chi connectivity index (χ2v) is 9.91. The van der Waals surface area contributed by atoms with Gasteiger partial charge in [-0.15, -0.1) is 11.3 Å². The lowest BCUT2D eigenvalue weighted by molar-refractivity contribution is 0.234. The molecule has 25 heavy (non-hydrogen) atoms. The predicted molar refractivity (Wildman–Crippen MR) is 102 cm³/mol. The Morgan fingerprint density at radius 3 is 2.44 bits per heavy atom. The Balaban J connectivity index is 1.66. The maximum atomic E-state index is 13.3. The number of hydrogen-bond donors (Lipinski definition) is 0. The van der Waals surface area contributed by atoms with Crippen molar-refractivity contribution in [1.82, 2.24) is 13.6 Å². The van der Waals surface area contributed by atoms with Crippen LogP contribution < -0.4 is 0 Å². The van der Waals surface area contributed by atoms with Crippen LogP contribution in [0.25, 0.3) is 10.2 Å². The lowest BCUT2D eigenvalue weighted by atomic mass is 10.1. The number of benzene rings is 1. The van der Waals surface area contributed by atoms with Crippen LogP contribution in [0, 0.1) is 0 Å². The number of aromatic nitrogens is 1. The van der Waals surface area contributed by atoms with E-state index in [-0.39, 0.29) is 6.04 Å². The predicted octanol–water partition coefficient (Wildman–Crippen LogP) is 3.94. The molecule has 0 radical (unpaired) electrons. The van der Waals surface area contributed by atoms with E-state index < -0.39 is 10.2 Å². The first-order chi connectivity index (χ1) is 12.2. The molecule has 1 atom stereocenters. The molecule has 2 aliphatic heterocycles. The molecule has 2 aliphatic rings. The number of piperidine rings is 1. The van der Waals surface area contributed by atoms with Crippen molar-refractivity contribution < 1.29 is 8.42 Å². The van der Waals surface area contributed by atoms with Gasteiger partial charge in [0.05, 0.1) is 16.3 Å². The molecule has 0 saturated carbocycles. The SMILES string of the molecule is O=S(=O)(N1CCCCCC1)N1CCCC[C@H]1c1nc2ccccc2s1. The summed E-state index contributed by atoms with van der Waals surface area (Å²) in [7, 11) is -3.41. The minimum Gasteiger partial charge on any atom is -0.239 e. The zero-order valence-corrected chi connectivity index (χ0v) is 16.1. The topological polar surface area (TPSA) is 53.5 Å². The van der Waals surface area contributed by atoms with E-state index in [1.165, 1.54) is 0 Å². The quantitative estimate of drug-likeness (QED) is 0.811. The number of fused-ring (bicyclic) bond motifs is 1. The highest BCUT2D eigenvalue weighted by Crippen LogP contribution is 2.38. The van der Waals surface area contributed by atoms with Gasteiger partial charge in [0.25, 0.3) is 10.2 Å². The van der Waals surface area contributed by atoms with Crippen molar-refractivity contribution >= 4 is 31.8 Å². The Labute approximate surface area is 153 Å². The average Bonchev–Trinajstić information content (AvgIpc) is 2.86. The standard InChI is InChI=1S/C18H25N3O2S2/c22-25(23,20-12-6-1-2-7-13-20)21-14-8-5-10-16(21)18-19-15-9-3-4-11-17(15)24-18/h3-4,9,11,16H,1-2,5-8,10,12-14H2/t16-/m0/s1. The molecule has 1 aromatic carbocycles. The average molecular weight is 380 g/mol. The van der Waals surface area contributed by atoms with Gasteiger partial charge >= 0.3 is 0 Å². The van der Waals surface area contributed by atoms with Gasteiger partial charge in [0.1, 0.15) is 5.01 Å². The molecule has 2 saturated heterocycles. The summed E-state index contributed by atoms with van der Waals surface area (Å²) in [6, 6.07) is 7.95. The second-order valence-electron chi connectivity index (χ2n) is 6.96. The van der Waals surface area contributed by atoms with E-state index >= 15 is 0 Å². The summed E-state index contributed by atoms with van der Waals surface area (Å²) in [4.78, 5) is 4.76. The van der Waals surface area contributed by atoms with Crippen molar-refractivity contribution in [2.24, 2.45) is 0 Å². The molecule has 2 fully saturated rings. The van der Waals surface area contributed by atoms with E-state index in [1.807, 2.05) is 18.2 Å². The van der Waals surface area contributed by atoms with E-state index in [0.717, 1.165) is 60.2 Å². The largest absolute Gasteiger partial charge is 0.282 e. The summed E-state index contributed by atoms with van der Waals surface area (Å²) in [5.41, 5.74) is 0.972. The lowest BCUT2D eigenvalue weighted by Gasteiger charge is -2.36. The summed E-state index contributed by atoms with van der Waals surface area (Å²) in [5, 5.41) is 0.944. The lowest BCUT2D eigenvalue weighted by Crippen LogP contribution is -2.47. The number of hydrogen-bond acceptors (Lipinski definition) is 4. The van der Waals surface area contributed by atoms with Crippen molar-refractivity contribution in [2.45, 2.75) is 51.0 Å². The van der Waals surface area contributed by atoms with E-state index in [4.69, 9.17) is 4.98 Å². The van der Waals surface area contributed by atoms with Gasteiger partial charge in [-0.3, -0.25) is 0 Å². The molecule has 2 aromatic rings. The molecule has 0 N–H and O–H groups in total. The third-order valence-electron chi connectivity index (χ3n) is 5.24. The fourth-order valence-corrected chi connectivity index (χ4v) is 6.97. The summed E-state index contributed by atoms with van der Waals surface area (Å²) in [6.45, 7) is 1.93. The van der Waals surface area contributed by atoms with Crippen molar-refractivity contribution in [1.29, 1.82) is 0 Å². The first kappa shape index (κ1) is 17.4. The summed E-state index contributed by atoms with van der Waals surface area (Å²) < 4.78 is 31.2. The zero-order valence-electron chi connectivity index (χ0n) is 14.4. The first-order valence-electron chi connectivity index (χ1n) is 9.29. The monoisotopic (exact) mass is 379 g/mol. The third kappa shape index (κ3) is 3.47. The van der Waals surface area contributed by atoms with Crippen molar-refractivity contribution in [3.63, 3.8) is 0 Å². The van der Waals surface area contributed by atoms with Gasteiger partial charge in [0, 0.05) is 19.6 Å². The maximum absolute atomic E-state index is 13.3. The van der Waals surface area contributed by atoms with Gasteiger partial charge in [-0.25, -0.2) is 4.98 Å². The summed E-state index contributed by atoms with van der Waals surface area (Å²) in [5.74, 6) is 0. The van der Waals surface area contributed by atoms with Crippen LogP contribution in [0.3, 0.4) is 0 Å². The van der Waals surface area contributed by atoms with Crippen LogP contribution in [0.15, 0.2) is 24.3 Å². The Morgan fingerprint density at radius 1 is 0.960 bits per heavy atom. The van der Waals surface area contributed by atoms with Gasteiger partial charge < -0.3 is 0 Å². The molecular formula is C18H25N3O2S2. The Hall–Kier alpha value is -1.02. The van der Waals surface area contributed by atoms with Gasteiger partial charge in [0.2, 0.25) is 0 Å². The van der Waals surface area contributed by atoms with Crippen molar-refractivity contribution in [3.8, 4) is 0 Å². The van der Waals surface area contributed by atoms with Crippen LogP contribution in [0.2, 0.25) is 0 Å². The van der Waals surface area contributed by atoms with Crippen LogP contribution in [-0.2, 0) is 10.2 Å². The van der Waals surface area contributed by atoms with Gasteiger partial charge in [-0.1, -0.05) is 31.4 Å². The van der Waals surface area contributed by atoms with E-state index in [1.54, 1.807) is 19.9 Å². The van der Waals surface area contributed by atoms with Crippen LogP contribution >= 0.6 is 11.3 Å². The first-order valence-corrected chi connectivity index (χ1v) is 11.5. The second kappa shape index (κ2) is 7.31. The normalized spacial score (nSPS) is 24.4. The maximum Gasteiger partial charge on any atom is 0.282 e. The van der Waals surface area contributed by atoms with Crippen molar-refractivity contribution in [3.05, 3.63) is 29.3 Å². The molecule has 0 aliphatic carbocycles. The fraction of sp³-hybridized carbons (Fsp3) is 0.611. The minimum absolute atomic E-state index is 0.112. The molecule has 7 heteroatoms. The number of thiazole rings is 1. The van der Waals surface area contributed by atoms with E-state index in [0.29, 0.717) is 19.6 Å². The molecule has 3 heterocycles.